The lowest BCUT2D eigenvalue weighted by molar-refractivity contribution is -0.120. The summed E-state index contributed by atoms with van der Waals surface area (Å²) >= 11 is 0. The minimum atomic E-state index is -0.166. The van der Waals surface area contributed by atoms with Gasteiger partial charge in [0.2, 0.25) is 5.91 Å². The highest BCUT2D eigenvalue weighted by molar-refractivity contribution is 6.04. The first-order chi connectivity index (χ1) is 13.3. The highest BCUT2D eigenvalue weighted by atomic mass is 16.2. The summed E-state index contributed by atoms with van der Waals surface area (Å²) in [4.78, 5) is 24.9. The number of amides is 2. The van der Waals surface area contributed by atoms with E-state index in [0.717, 1.165) is 19.4 Å². The molecule has 148 valence electrons. The number of anilines is 2. The molecule has 0 spiro atoms. The van der Waals surface area contributed by atoms with E-state index in [1.165, 1.54) is 5.56 Å². The zero-order chi connectivity index (χ0) is 20.1. The molecule has 0 aliphatic carbocycles. The van der Waals surface area contributed by atoms with E-state index >= 15 is 0 Å². The summed E-state index contributed by atoms with van der Waals surface area (Å²) in [5, 5.41) is 9.12. The maximum atomic E-state index is 12.5. The lowest BCUT2D eigenvalue weighted by Crippen LogP contribution is -2.37. The topological polar surface area (TPSA) is 70.2 Å². The van der Waals surface area contributed by atoms with Gasteiger partial charge >= 0.3 is 0 Å². The molecule has 5 nitrogen and oxygen atoms in total. The van der Waals surface area contributed by atoms with Crippen LogP contribution >= 0.6 is 0 Å². The average molecular weight is 380 g/mol. The maximum absolute atomic E-state index is 12.5. The Hall–Kier alpha value is -2.66. The largest absolute Gasteiger partial charge is 0.326 e. The summed E-state index contributed by atoms with van der Waals surface area (Å²) in [6, 6.07) is 14.9. The summed E-state index contributed by atoms with van der Waals surface area (Å²) in [7, 11) is 0. The van der Waals surface area contributed by atoms with Gasteiger partial charge in [-0.15, -0.1) is 0 Å². The fourth-order valence-electron chi connectivity index (χ4n) is 3.32. The Labute approximate surface area is 166 Å². The molecule has 0 saturated carbocycles. The molecule has 3 rings (SSSR count). The van der Waals surface area contributed by atoms with Crippen LogP contribution in [0, 0.1) is 5.92 Å². The van der Waals surface area contributed by atoms with E-state index in [4.69, 9.17) is 0 Å². The second-order valence-corrected chi connectivity index (χ2v) is 8.39. The Morgan fingerprint density at radius 3 is 2.29 bits per heavy atom. The standard InChI is InChI=1S/C23H29N3O2/c1-23(2,3)18-11-9-16(10-12-18)21(27)25-19-7-4-8-20(14-19)26-22(28)17-6-5-13-24-15-17/h4,7-12,14,17,24H,5-6,13,15H2,1-3H3,(H,25,27)(H,26,28). The summed E-state index contributed by atoms with van der Waals surface area (Å²) < 4.78 is 0. The smallest absolute Gasteiger partial charge is 0.255 e. The van der Waals surface area contributed by atoms with Gasteiger partial charge in [0.1, 0.15) is 0 Å². The molecule has 1 aliphatic heterocycles. The molecule has 2 amide bonds. The van der Waals surface area contributed by atoms with E-state index in [0.29, 0.717) is 23.5 Å². The molecule has 1 unspecified atom stereocenters. The number of rotatable bonds is 4. The van der Waals surface area contributed by atoms with E-state index in [2.05, 4.69) is 36.7 Å². The third kappa shape index (κ3) is 5.20. The Balaban J connectivity index is 1.63. The third-order valence-corrected chi connectivity index (χ3v) is 5.07. The van der Waals surface area contributed by atoms with Crippen LogP contribution in [-0.4, -0.2) is 24.9 Å². The van der Waals surface area contributed by atoms with Gasteiger partial charge in [-0.1, -0.05) is 39.0 Å². The number of nitrogens with one attached hydrogen (secondary N) is 3. The van der Waals surface area contributed by atoms with Gasteiger partial charge in [0.05, 0.1) is 5.92 Å². The molecule has 1 fully saturated rings. The molecular weight excluding hydrogens is 350 g/mol. The van der Waals surface area contributed by atoms with Crippen molar-refractivity contribution in [3.05, 3.63) is 59.7 Å². The number of hydrogen-bond donors (Lipinski definition) is 3. The molecule has 0 bridgehead atoms. The summed E-state index contributed by atoms with van der Waals surface area (Å²) in [5.41, 5.74) is 3.19. The lowest BCUT2D eigenvalue weighted by Gasteiger charge is -2.22. The molecular formula is C23H29N3O2. The number of carbonyl (C=O) groups excluding carboxylic acids is 2. The van der Waals surface area contributed by atoms with E-state index in [-0.39, 0.29) is 23.1 Å². The molecule has 0 aromatic heterocycles. The fraction of sp³-hybridized carbons (Fsp3) is 0.391. The van der Waals surface area contributed by atoms with Crippen molar-refractivity contribution in [3.8, 4) is 0 Å². The van der Waals surface area contributed by atoms with Crippen LogP contribution in [0.1, 0.15) is 49.5 Å². The Morgan fingerprint density at radius 1 is 1.00 bits per heavy atom. The van der Waals surface area contributed by atoms with E-state index < -0.39 is 0 Å². The van der Waals surface area contributed by atoms with Gasteiger partial charge in [0.15, 0.2) is 0 Å². The fourth-order valence-corrected chi connectivity index (χ4v) is 3.32. The third-order valence-electron chi connectivity index (χ3n) is 5.07. The van der Waals surface area contributed by atoms with Crippen LogP contribution in [0.2, 0.25) is 0 Å². The SMILES string of the molecule is CC(C)(C)c1ccc(C(=O)Nc2cccc(NC(=O)C3CCCNC3)c2)cc1. The molecule has 0 radical (unpaired) electrons. The van der Waals surface area contributed by atoms with Crippen molar-refractivity contribution in [2.24, 2.45) is 5.92 Å². The first-order valence-electron chi connectivity index (χ1n) is 9.86. The number of benzene rings is 2. The van der Waals surface area contributed by atoms with Crippen LogP contribution in [0.25, 0.3) is 0 Å². The second-order valence-electron chi connectivity index (χ2n) is 8.39. The van der Waals surface area contributed by atoms with Crippen molar-refractivity contribution in [1.82, 2.24) is 5.32 Å². The van der Waals surface area contributed by atoms with Crippen molar-refractivity contribution in [2.75, 3.05) is 23.7 Å². The van der Waals surface area contributed by atoms with E-state index in [1.54, 1.807) is 6.07 Å². The van der Waals surface area contributed by atoms with Crippen LogP contribution in [0.3, 0.4) is 0 Å². The van der Waals surface area contributed by atoms with Crippen molar-refractivity contribution < 1.29 is 9.59 Å². The normalized spacial score (nSPS) is 17.0. The summed E-state index contributed by atoms with van der Waals surface area (Å²) in [6.07, 6.45) is 1.92. The van der Waals surface area contributed by atoms with Crippen LogP contribution in [0.15, 0.2) is 48.5 Å². The molecule has 2 aromatic rings. The van der Waals surface area contributed by atoms with Gasteiger partial charge in [-0.2, -0.15) is 0 Å². The Kier molecular flexibility index (Phi) is 6.15. The molecule has 1 atom stereocenters. The quantitative estimate of drug-likeness (QED) is 0.746. The first-order valence-corrected chi connectivity index (χ1v) is 9.86. The highest BCUT2D eigenvalue weighted by Gasteiger charge is 2.21. The van der Waals surface area contributed by atoms with Crippen LogP contribution in [0.5, 0.6) is 0 Å². The molecule has 28 heavy (non-hydrogen) atoms. The Morgan fingerprint density at radius 2 is 1.68 bits per heavy atom. The molecule has 1 saturated heterocycles. The lowest BCUT2D eigenvalue weighted by atomic mass is 9.87. The number of carbonyl (C=O) groups is 2. The molecule has 2 aromatic carbocycles. The van der Waals surface area contributed by atoms with Gasteiger partial charge in [-0.3, -0.25) is 9.59 Å². The number of piperidine rings is 1. The van der Waals surface area contributed by atoms with Gasteiger partial charge in [-0.25, -0.2) is 0 Å². The van der Waals surface area contributed by atoms with Gasteiger partial charge in [0.25, 0.3) is 5.91 Å². The van der Waals surface area contributed by atoms with Gasteiger partial charge in [-0.05, 0) is 60.7 Å². The average Bonchev–Trinajstić information content (AvgIpc) is 2.68. The van der Waals surface area contributed by atoms with Gasteiger partial charge in [0, 0.05) is 23.5 Å². The minimum Gasteiger partial charge on any atom is -0.326 e. The van der Waals surface area contributed by atoms with Crippen molar-refractivity contribution in [2.45, 2.75) is 39.0 Å². The molecule has 1 aliphatic rings. The first kappa shape index (κ1) is 20.1. The minimum absolute atomic E-state index is 0.00618. The van der Waals surface area contributed by atoms with E-state index in [9.17, 15) is 9.59 Å². The summed E-state index contributed by atoms with van der Waals surface area (Å²) in [6.45, 7) is 8.12. The second kappa shape index (κ2) is 8.57. The van der Waals surface area contributed by atoms with E-state index in [1.807, 2.05) is 42.5 Å². The van der Waals surface area contributed by atoms with Crippen molar-refractivity contribution in [3.63, 3.8) is 0 Å². The van der Waals surface area contributed by atoms with Crippen LogP contribution in [-0.2, 0) is 10.2 Å². The predicted molar refractivity (Wildman–Crippen MR) is 114 cm³/mol. The highest BCUT2D eigenvalue weighted by Crippen LogP contribution is 2.23. The molecule has 5 heteroatoms. The van der Waals surface area contributed by atoms with Crippen molar-refractivity contribution in [1.29, 1.82) is 0 Å². The molecule has 1 heterocycles. The van der Waals surface area contributed by atoms with Gasteiger partial charge < -0.3 is 16.0 Å². The summed E-state index contributed by atoms with van der Waals surface area (Å²) in [5.74, 6) is -0.151. The molecule has 3 N–H and O–H groups in total. The maximum Gasteiger partial charge on any atom is 0.255 e. The zero-order valence-corrected chi connectivity index (χ0v) is 16.8. The van der Waals surface area contributed by atoms with Crippen LogP contribution in [0.4, 0.5) is 11.4 Å². The zero-order valence-electron chi connectivity index (χ0n) is 16.8. The van der Waals surface area contributed by atoms with Crippen LogP contribution < -0.4 is 16.0 Å². The Bertz CT molecular complexity index is 832. The predicted octanol–water partition coefficient (Wildman–Crippen LogP) is 4.17. The van der Waals surface area contributed by atoms with Crippen molar-refractivity contribution >= 4 is 23.2 Å². The monoisotopic (exact) mass is 379 g/mol. The number of hydrogen-bond acceptors (Lipinski definition) is 3.